The Morgan fingerprint density at radius 2 is 2.03 bits per heavy atom. The van der Waals surface area contributed by atoms with E-state index in [1.54, 1.807) is 13.1 Å². The van der Waals surface area contributed by atoms with Gasteiger partial charge < -0.3 is 15.6 Å². The number of H-pyrrole nitrogens is 1. The number of carbonyl (C=O) groups excluding carboxylic acids is 3. The maximum Gasteiger partial charge on any atom is 0.268 e. The van der Waals surface area contributed by atoms with Crippen molar-refractivity contribution in [1.82, 2.24) is 15.3 Å². The number of nitrogens with one attached hydrogen (secondary N) is 3. The van der Waals surface area contributed by atoms with Gasteiger partial charge >= 0.3 is 0 Å². The van der Waals surface area contributed by atoms with Crippen molar-refractivity contribution < 1.29 is 14.4 Å². The molecule has 1 unspecified atom stereocenters. The monoisotopic (exact) mass is 468 g/mol. The summed E-state index contributed by atoms with van der Waals surface area (Å²) in [5, 5.41) is 6.68. The molecule has 0 bridgehead atoms. The summed E-state index contributed by atoms with van der Waals surface area (Å²) < 4.78 is 0. The molecule has 1 fully saturated rings. The SMILES string of the molecule is CSc1ccc(NC(=O)C(CCC2CC2)NC(=O)c2[nH]c3c(c2C)C(=O)CC(C)(C)C3)cn1. The fourth-order valence-corrected chi connectivity index (χ4v) is 4.93. The lowest BCUT2D eigenvalue weighted by atomic mass is 9.75. The highest BCUT2D eigenvalue weighted by atomic mass is 32.2. The summed E-state index contributed by atoms with van der Waals surface area (Å²) in [7, 11) is 0. The number of rotatable bonds is 8. The molecule has 176 valence electrons. The summed E-state index contributed by atoms with van der Waals surface area (Å²) in [5.74, 6) is 0.102. The minimum Gasteiger partial charge on any atom is -0.354 e. The van der Waals surface area contributed by atoms with E-state index in [2.05, 4.69) is 34.4 Å². The van der Waals surface area contributed by atoms with Gasteiger partial charge in [0, 0.05) is 17.7 Å². The van der Waals surface area contributed by atoms with Gasteiger partial charge in [-0.3, -0.25) is 14.4 Å². The van der Waals surface area contributed by atoms with Gasteiger partial charge in [0.1, 0.15) is 11.7 Å². The van der Waals surface area contributed by atoms with E-state index in [9.17, 15) is 14.4 Å². The molecule has 1 saturated carbocycles. The molecular formula is C25H32N4O3S. The topological polar surface area (TPSA) is 104 Å². The van der Waals surface area contributed by atoms with Crippen LogP contribution in [0, 0.1) is 18.3 Å². The second kappa shape index (κ2) is 9.33. The van der Waals surface area contributed by atoms with Crippen LogP contribution in [0.25, 0.3) is 0 Å². The number of ketones is 1. The average molecular weight is 469 g/mol. The number of Topliss-reactive ketones (excluding diaryl/α,β-unsaturated/α-hetero) is 1. The Kier molecular flexibility index (Phi) is 6.66. The average Bonchev–Trinajstić information content (AvgIpc) is 3.52. The van der Waals surface area contributed by atoms with Crippen molar-refractivity contribution in [2.75, 3.05) is 11.6 Å². The van der Waals surface area contributed by atoms with E-state index < -0.39 is 6.04 Å². The molecule has 1 atom stereocenters. The van der Waals surface area contributed by atoms with Crippen LogP contribution in [0.15, 0.2) is 23.4 Å². The molecule has 2 aliphatic carbocycles. The quantitative estimate of drug-likeness (QED) is 0.494. The second-order valence-corrected chi connectivity index (χ2v) is 10.9. The smallest absolute Gasteiger partial charge is 0.268 e. The Bertz CT molecular complexity index is 1070. The van der Waals surface area contributed by atoms with Gasteiger partial charge in [0.2, 0.25) is 5.91 Å². The molecule has 0 aliphatic heterocycles. The number of aromatic nitrogens is 2. The summed E-state index contributed by atoms with van der Waals surface area (Å²) in [5.41, 5.74) is 2.96. The van der Waals surface area contributed by atoms with E-state index in [-0.39, 0.29) is 23.0 Å². The van der Waals surface area contributed by atoms with Crippen LogP contribution in [0.2, 0.25) is 0 Å². The zero-order chi connectivity index (χ0) is 23.8. The Labute approximate surface area is 198 Å². The maximum absolute atomic E-state index is 13.2. The summed E-state index contributed by atoms with van der Waals surface area (Å²) in [4.78, 5) is 46.5. The Balaban J connectivity index is 1.50. The van der Waals surface area contributed by atoms with Crippen LogP contribution in [-0.2, 0) is 11.2 Å². The molecule has 7 nitrogen and oxygen atoms in total. The minimum absolute atomic E-state index is 0.0678. The molecule has 2 aliphatic rings. The fraction of sp³-hybridized carbons (Fsp3) is 0.520. The largest absolute Gasteiger partial charge is 0.354 e. The third-order valence-electron chi connectivity index (χ3n) is 6.52. The molecule has 8 heteroatoms. The highest BCUT2D eigenvalue weighted by Crippen LogP contribution is 2.37. The van der Waals surface area contributed by atoms with Gasteiger partial charge in [-0.1, -0.05) is 26.7 Å². The van der Waals surface area contributed by atoms with E-state index >= 15 is 0 Å². The summed E-state index contributed by atoms with van der Waals surface area (Å²) in [6, 6.07) is 3.00. The van der Waals surface area contributed by atoms with Crippen molar-refractivity contribution in [3.05, 3.63) is 40.8 Å². The molecule has 3 N–H and O–H groups in total. The zero-order valence-corrected chi connectivity index (χ0v) is 20.5. The second-order valence-electron chi connectivity index (χ2n) is 10.0. The van der Waals surface area contributed by atoms with Gasteiger partial charge in [0.15, 0.2) is 5.78 Å². The fourth-order valence-electron chi connectivity index (χ4n) is 4.57. The Hall–Kier alpha value is -2.61. The highest BCUT2D eigenvalue weighted by molar-refractivity contribution is 7.98. The number of fused-ring (bicyclic) bond motifs is 1. The molecule has 2 amide bonds. The zero-order valence-electron chi connectivity index (χ0n) is 19.7. The number of amides is 2. The first-order valence-electron chi connectivity index (χ1n) is 11.5. The first-order chi connectivity index (χ1) is 15.7. The number of hydrogen-bond acceptors (Lipinski definition) is 5. The molecule has 4 rings (SSSR count). The van der Waals surface area contributed by atoms with Crippen LogP contribution >= 0.6 is 11.8 Å². The number of anilines is 1. The van der Waals surface area contributed by atoms with Gasteiger partial charge in [-0.15, -0.1) is 11.8 Å². The van der Waals surface area contributed by atoms with Crippen molar-refractivity contribution in [3.8, 4) is 0 Å². The molecule has 0 spiro atoms. The summed E-state index contributed by atoms with van der Waals surface area (Å²) in [6.07, 6.45) is 8.59. The van der Waals surface area contributed by atoms with Gasteiger partial charge in [-0.2, -0.15) is 0 Å². The molecular weight excluding hydrogens is 436 g/mol. The molecule has 0 saturated heterocycles. The van der Waals surface area contributed by atoms with Gasteiger partial charge in [-0.05, 0) is 61.5 Å². The number of nitrogens with zero attached hydrogens (tertiary/aromatic N) is 1. The van der Waals surface area contributed by atoms with E-state index in [0.717, 1.165) is 17.1 Å². The number of hydrogen-bond donors (Lipinski definition) is 3. The van der Waals surface area contributed by atoms with E-state index in [1.165, 1.54) is 24.6 Å². The standard InChI is InChI=1S/C25H32N4O3S/c1-14-21-18(11-25(2,3)12-19(21)30)28-22(14)24(32)29-17(9-7-15-5-6-15)23(31)27-16-8-10-20(33-4)26-13-16/h8,10,13,15,17,28H,5-7,9,11-12H2,1-4H3,(H,27,31)(H,29,32). The van der Waals surface area contributed by atoms with Crippen molar-refractivity contribution in [1.29, 1.82) is 0 Å². The van der Waals surface area contributed by atoms with Crippen LogP contribution in [0.4, 0.5) is 5.69 Å². The van der Waals surface area contributed by atoms with Crippen LogP contribution in [0.5, 0.6) is 0 Å². The number of carbonyl (C=O) groups is 3. The summed E-state index contributed by atoms with van der Waals surface area (Å²) in [6.45, 7) is 5.92. The predicted molar refractivity (Wildman–Crippen MR) is 130 cm³/mol. The van der Waals surface area contributed by atoms with Crippen molar-refractivity contribution in [2.45, 2.75) is 70.4 Å². The van der Waals surface area contributed by atoms with Crippen LogP contribution in [-0.4, -0.2) is 39.9 Å². The van der Waals surface area contributed by atoms with Crippen molar-refractivity contribution in [2.24, 2.45) is 11.3 Å². The van der Waals surface area contributed by atoms with Gasteiger partial charge in [0.05, 0.1) is 16.9 Å². The lowest BCUT2D eigenvalue weighted by molar-refractivity contribution is -0.118. The molecule has 2 aromatic rings. The molecule has 2 heterocycles. The third-order valence-corrected chi connectivity index (χ3v) is 7.18. The third kappa shape index (κ3) is 5.49. The highest BCUT2D eigenvalue weighted by Gasteiger charge is 2.36. The van der Waals surface area contributed by atoms with E-state index in [1.807, 2.05) is 18.4 Å². The Morgan fingerprint density at radius 3 is 2.67 bits per heavy atom. The van der Waals surface area contributed by atoms with Crippen molar-refractivity contribution >= 4 is 35.0 Å². The first kappa shape index (κ1) is 23.5. The van der Waals surface area contributed by atoms with E-state index in [0.29, 0.717) is 47.7 Å². The van der Waals surface area contributed by atoms with Crippen LogP contribution in [0.1, 0.15) is 78.1 Å². The first-order valence-corrected chi connectivity index (χ1v) is 12.8. The van der Waals surface area contributed by atoms with Crippen LogP contribution < -0.4 is 10.6 Å². The maximum atomic E-state index is 13.2. The lowest BCUT2D eigenvalue weighted by Gasteiger charge is -2.28. The summed E-state index contributed by atoms with van der Waals surface area (Å²) >= 11 is 1.53. The number of aromatic amines is 1. The lowest BCUT2D eigenvalue weighted by Crippen LogP contribution is -2.44. The van der Waals surface area contributed by atoms with Gasteiger partial charge in [0.25, 0.3) is 5.91 Å². The number of pyridine rings is 1. The predicted octanol–water partition coefficient (Wildman–Crippen LogP) is 4.52. The van der Waals surface area contributed by atoms with E-state index in [4.69, 9.17) is 0 Å². The molecule has 0 radical (unpaired) electrons. The minimum atomic E-state index is -0.662. The Morgan fingerprint density at radius 1 is 1.27 bits per heavy atom. The molecule has 0 aromatic carbocycles. The van der Waals surface area contributed by atoms with Crippen LogP contribution in [0.3, 0.4) is 0 Å². The van der Waals surface area contributed by atoms with Crippen molar-refractivity contribution in [3.63, 3.8) is 0 Å². The van der Waals surface area contributed by atoms with Gasteiger partial charge in [-0.25, -0.2) is 4.98 Å². The molecule has 33 heavy (non-hydrogen) atoms. The number of thioether (sulfide) groups is 1. The molecule has 2 aromatic heterocycles. The normalized spacial score (nSPS) is 17.9.